The van der Waals surface area contributed by atoms with Gasteiger partial charge in [0.2, 0.25) is 0 Å². The number of hydrogen-bond acceptors (Lipinski definition) is 1. The fourth-order valence-electron chi connectivity index (χ4n) is 1.30. The van der Waals surface area contributed by atoms with Gasteiger partial charge in [-0.25, -0.2) is 0 Å². The number of hydrogen-bond donors (Lipinski definition) is 1. The van der Waals surface area contributed by atoms with Crippen molar-refractivity contribution in [2.24, 2.45) is 0 Å². The molecule has 0 bridgehead atoms. The van der Waals surface area contributed by atoms with Crippen molar-refractivity contribution in [1.29, 1.82) is 0 Å². The summed E-state index contributed by atoms with van der Waals surface area (Å²) < 4.78 is 0. The molecule has 20 heavy (non-hydrogen) atoms. The predicted molar refractivity (Wildman–Crippen MR) is 83.7 cm³/mol. The van der Waals surface area contributed by atoms with Crippen molar-refractivity contribution in [3.05, 3.63) is 54.1 Å². The van der Waals surface area contributed by atoms with Crippen LogP contribution in [-0.4, -0.2) is 5.11 Å². The molecule has 0 aliphatic rings. The molecule has 0 amide bonds. The standard InChI is InChI=1S/C19H16O/c1-2-3-4-5-6-7-8-9-10-11-12-14-18-15-13-16-19(20)17-18/h2-3,5-6,13,15-17,20H,4,7H2,1H3/b3-2?,6-5-. The molecule has 1 nitrogen and oxygen atoms in total. The first-order valence-electron chi connectivity index (χ1n) is 6.37. The maximum absolute atomic E-state index is 9.25. The van der Waals surface area contributed by atoms with E-state index in [2.05, 4.69) is 47.7 Å². The summed E-state index contributed by atoms with van der Waals surface area (Å²) in [6.07, 6.45) is 9.84. The fraction of sp³-hybridized carbons (Fsp3) is 0.158. The molecule has 0 atom stereocenters. The SMILES string of the molecule is CC=CC/C=C\CC#CC#CC#Cc1cccc(O)c1. The van der Waals surface area contributed by atoms with Gasteiger partial charge >= 0.3 is 0 Å². The molecule has 0 aliphatic carbocycles. The summed E-state index contributed by atoms with van der Waals surface area (Å²) in [4.78, 5) is 0. The Kier molecular flexibility index (Phi) is 7.72. The zero-order valence-electron chi connectivity index (χ0n) is 11.5. The molecule has 1 aromatic carbocycles. The number of allylic oxidation sites excluding steroid dienone is 4. The first-order chi connectivity index (χ1) is 9.83. The fourth-order valence-corrected chi connectivity index (χ4v) is 1.30. The topological polar surface area (TPSA) is 20.2 Å². The van der Waals surface area contributed by atoms with Crippen LogP contribution in [0.1, 0.15) is 25.3 Å². The van der Waals surface area contributed by atoms with Crippen LogP contribution < -0.4 is 0 Å². The summed E-state index contributed by atoms with van der Waals surface area (Å²) in [5, 5.41) is 9.25. The second kappa shape index (κ2) is 10.1. The zero-order chi connectivity index (χ0) is 14.5. The monoisotopic (exact) mass is 260 g/mol. The molecule has 0 fully saturated rings. The highest BCUT2D eigenvalue weighted by Crippen LogP contribution is 2.09. The third kappa shape index (κ3) is 7.50. The van der Waals surface area contributed by atoms with Crippen molar-refractivity contribution in [1.82, 2.24) is 0 Å². The highest BCUT2D eigenvalue weighted by Gasteiger charge is 1.87. The maximum Gasteiger partial charge on any atom is 0.116 e. The highest BCUT2D eigenvalue weighted by atomic mass is 16.3. The van der Waals surface area contributed by atoms with Crippen LogP contribution in [0.2, 0.25) is 0 Å². The summed E-state index contributed by atoms with van der Waals surface area (Å²) in [7, 11) is 0. The average molecular weight is 260 g/mol. The first-order valence-corrected chi connectivity index (χ1v) is 6.37. The normalized spacial score (nSPS) is 9.25. The van der Waals surface area contributed by atoms with Crippen LogP contribution in [-0.2, 0) is 0 Å². The average Bonchev–Trinajstić information content (AvgIpc) is 2.45. The van der Waals surface area contributed by atoms with Crippen LogP contribution in [0.4, 0.5) is 0 Å². The third-order valence-electron chi connectivity index (χ3n) is 2.22. The summed E-state index contributed by atoms with van der Waals surface area (Å²) >= 11 is 0. The quantitative estimate of drug-likeness (QED) is 0.649. The van der Waals surface area contributed by atoms with Crippen molar-refractivity contribution in [3.63, 3.8) is 0 Å². The van der Waals surface area contributed by atoms with Gasteiger partial charge in [0.1, 0.15) is 5.75 Å². The van der Waals surface area contributed by atoms with Gasteiger partial charge in [-0.1, -0.05) is 42.2 Å². The van der Waals surface area contributed by atoms with Gasteiger partial charge in [-0.2, -0.15) is 0 Å². The Balaban J connectivity index is 2.39. The first kappa shape index (κ1) is 15.2. The molecule has 1 N–H and O–H groups in total. The smallest absolute Gasteiger partial charge is 0.116 e. The van der Waals surface area contributed by atoms with Gasteiger partial charge < -0.3 is 5.11 Å². The van der Waals surface area contributed by atoms with E-state index in [-0.39, 0.29) is 5.75 Å². The summed E-state index contributed by atoms with van der Waals surface area (Å²) in [5.74, 6) is 16.7. The summed E-state index contributed by atoms with van der Waals surface area (Å²) in [5.41, 5.74) is 0.735. The molecule has 0 aromatic heterocycles. The lowest BCUT2D eigenvalue weighted by atomic mass is 10.2. The van der Waals surface area contributed by atoms with Gasteiger partial charge in [0.05, 0.1) is 0 Å². The molecule has 0 aliphatic heterocycles. The van der Waals surface area contributed by atoms with E-state index < -0.39 is 0 Å². The van der Waals surface area contributed by atoms with Crippen LogP contribution in [0, 0.1) is 35.5 Å². The van der Waals surface area contributed by atoms with Crippen molar-refractivity contribution >= 4 is 0 Å². The van der Waals surface area contributed by atoms with Crippen LogP contribution in [0.5, 0.6) is 5.75 Å². The van der Waals surface area contributed by atoms with Gasteiger partial charge in [-0.05, 0) is 55.2 Å². The molecular weight excluding hydrogens is 244 g/mol. The van der Waals surface area contributed by atoms with Gasteiger partial charge in [-0.3, -0.25) is 0 Å². The lowest BCUT2D eigenvalue weighted by Crippen LogP contribution is -1.71. The van der Waals surface area contributed by atoms with Gasteiger partial charge in [0, 0.05) is 12.0 Å². The summed E-state index contributed by atoms with van der Waals surface area (Å²) in [6.45, 7) is 2.00. The molecule has 0 heterocycles. The van der Waals surface area contributed by atoms with E-state index >= 15 is 0 Å². The number of rotatable bonds is 3. The van der Waals surface area contributed by atoms with E-state index in [0.717, 1.165) is 12.0 Å². The molecule has 0 unspecified atom stereocenters. The number of phenolic OH excluding ortho intramolecular Hbond substituents is 1. The lowest BCUT2D eigenvalue weighted by molar-refractivity contribution is 0.475. The second-order valence-corrected chi connectivity index (χ2v) is 3.83. The molecule has 98 valence electrons. The van der Waals surface area contributed by atoms with Crippen LogP contribution >= 0.6 is 0 Å². The van der Waals surface area contributed by atoms with Crippen molar-refractivity contribution in [2.75, 3.05) is 0 Å². The molecule has 1 aromatic rings. The molecular formula is C19H16O. The Hall–Kier alpha value is -2.82. The van der Waals surface area contributed by atoms with E-state index in [1.807, 2.05) is 25.1 Å². The van der Waals surface area contributed by atoms with E-state index in [4.69, 9.17) is 0 Å². The molecule has 0 radical (unpaired) electrons. The Morgan fingerprint density at radius 3 is 2.70 bits per heavy atom. The maximum atomic E-state index is 9.25. The minimum Gasteiger partial charge on any atom is -0.508 e. The van der Waals surface area contributed by atoms with E-state index in [9.17, 15) is 5.11 Å². The predicted octanol–water partition coefficient (Wildman–Crippen LogP) is 3.66. The van der Waals surface area contributed by atoms with E-state index in [0.29, 0.717) is 6.42 Å². The number of phenols is 1. The van der Waals surface area contributed by atoms with Crippen LogP contribution in [0.25, 0.3) is 0 Å². The third-order valence-corrected chi connectivity index (χ3v) is 2.22. The minimum absolute atomic E-state index is 0.203. The molecule has 1 rings (SSSR count). The Labute approximate surface area is 121 Å². The Morgan fingerprint density at radius 1 is 1.05 bits per heavy atom. The van der Waals surface area contributed by atoms with E-state index in [1.165, 1.54) is 0 Å². The lowest BCUT2D eigenvalue weighted by Gasteiger charge is -1.89. The largest absolute Gasteiger partial charge is 0.508 e. The second-order valence-electron chi connectivity index (χ2n) is 3.83. The minimum atomic E-state index is 0.203. The van der Waals surface area contributed by atoms with Crippen molar-refractivity contribution in [3.8, 4) is 41.3 Å². The zero-order valence-corrected chi connectivity index (χ0v) is 11.5. The Bertz CT molecular complexity index is 659. The van der Waals surface area contributed by atoms with Crippen molar-refractivity contribution in [2.45, 2.75) is 19.8 Å². The van der Waals surface area contributed by atoms with Gasteiger partial charge in [0.25, 0.3) is 0 Å². The molecule has 0 saturated carbocycles. The van der Waals surface area contributed by atoms with Crippen LogP contribution in [0.3, 0.4) is 0 Å². The molecule has 0 saturated heterocycles. The Morgan fingerprint density at radius 2 is 1.90 bits per heavy atom. The molecule has 0 spiro atoms. The summed E-state index contributed by atoms with van der Waals surface area (Å²) in [6, 6.07) is 6.75. The van der Waals surface area contributed by atoms with E-state index in [1.54, 1.807) is 18.2 Å². The number of aromatic hydroxyl groups is 1. The number of benzene rings is 1. The van der Waals surface area contributed by atoms with Crippen molar-refractivity contribution < 1.29 is 5.11 Å². The molecule has 1 heteroatoms. The van der Waals surface area contributed by atoms with Gasteiger partial charge in [-0.15, -0.1) is 0 Å². The highest BCUT2D eigenvalue weighted by molar-refractivity contribution is 5.44. The van der Waals surface area contributed by atoms with Gasteiger partial charge in [0.15, 0.2) is 0 Å². The van der Waals surface area contributed by atoms with Crippen LogP contribution in [0.15, 0.2) is 48.6 Å².